The number of nitrogens with zero attached hydrogens (tertiary/aromatic N) is 2. The maximum atomic E-state index is 5.98. The summed E-state index contributed by atoms with van der Waals surface area (Å²) in [6, 6.07) is 9.06. The highest BCUT2D eigenvalue weighted by atomic mass is 15.2. The molecule has 0 aliphatic rings. The maximum Gasteiger partial charge on any atom is 0.0951 e. The minimum Gasteiger partial charge on any atom is -0.397 e. The smallest absolute Gasteiger partial charge is 0.0951 e. The van der Waals surface area contributed by atoms with Crippen molar-refractivity contribution in [2.45, 2.75) is 39.8 Å². The van der Waals surface area contributed by atoms with Crippen molar-refractivity contribution in [1.29, 1.82) is 0 Å². The first-order valence-corrected chi connectivity index (χ1v) is 7.63. The van der Waals surface area contributed by atoms with Crippen molar-refractivity contribution in [2.24, 2.45) is 0 Å². The molecule has 4 heteroatoms. The van der Waals surface area contributed by atoms with Crippen LogP contribution in [0.3, 0.4) is 0 Å². The van der Waals surface area contributed by atoms with Crippen LogP contribution in [0.2, 0.25) is 0 Å². The van der Waals surface area contributed by atoms with Gasteiger partial charge in [-0.1, -0.05) is 0 Å². The number of aromatic nitrogens is 1. The van der Waals surface area contributed by atoms with E-state index in [1.807, 2.05) is 18.2 Å². The standard InChI is InChI=1S/C17H26N4/c1-12(2)21(13(3)4)11-10-19-16-8-7-15(18)17-14(16)6-5-9-20-17/h5-9,12-13,19H,10-11,18H2,1-4H3. The van der Waals surface area contributed by atoms with Gasteiger partial charge in [0.1, 0.15) is 0 Å². The van der Waals surface area contributed by atoms with Crippen molar-refractivity contribution in [3.63, 3.8) is 0 Å². The molecule has 0 saturated carbocycles. The Kier molecular flexibility index (Phi) is 5.02. The van der Waals surface area contributed by atoms with Gasteiger partial charge in [0.25, 0.3) is 0 Å². The van der Waals surface area contributed by atoms with E-state index in [0.29, 0.717) is 12.1 Å². The second kappa shape index (κ2) is 6.76. The van der Waals surface area contributed by atoms with E-state index in [1.54, 1.807) is 6.20 Å². The van der Waals surface area contributed by atoms with Crippen LogP contribution in [0.1, 0.15) is 27.7 Å². The number of anilines is 2. The third-order valence-corrected chi connectivity index (χ3v) is 3.81. The van der Waals surface area contributed by atoms with Gasteiger partial charge >= 0.3 is 0 Å². The molecule has 2 aromatic rings. The van der Waals surface area contributed by atoms with Gasteiger partial charge in [-0.2, -0.15) is 0 Å². The number of fused-ring (bicyclic) bond motifs is 1. The Morgan fingerprint density at radius 2 is 1.86 bits per heavy atom. The zero-order valence-corrected chi connectivity index (χ0v) is 13.4. The molecule has 0 amide bonds. The van der Waals surface area contributed by atoms with E-state index >= 15 is 0 Å². The number of nitrogen functional groups attached to an aromatic ring is 1. The fraction of sp³-hybridized carbons (Fsp3) is 0.471. The lowest BCUT2D eigenvalue weighted by Crippen LogP contribution is -2.40. The fourth-order valence-electron chi connectivity index (χ4n) is 2.78. The molecule has 0 spiro atoms. The number of benzene rings is 1. The summed E-state index contributed by atoms with van der Waals surface area (Å²) < 4.78 is 0. The van der Waals surface area contributed by atoms with Crippen LogP contribution in [0, 0.1) is 0 Å². The first-order valence-electron chi connectivity index (χ1n) is 7.63. The predicted molar refractivity (Wildman–Crippen MR) is 91.6 cm³/mol. The Morgan fingerprint density at radius 1 is 1.14 bits per heavy atom. The molecule has 0 aliphatic carbocycles. The SMILES string of the molecule is CC(C)N(CCNc1ccc(N)c2ncccc12)C(C)C. The Morgan fingerprint density at radius 3 is 2.52 bits per heavy atom. The number of nitrogens with two attached hydrogens (primary N) is 1. The van der Waals surface area contributed by atoms with Gasteiger partial charge in [0.2, 0.25) is 0 Å². The van der Waals surface area contributed by atoms with Crippen molar-refractivity contribution < 1.29 is 0 Å². The van der Waals surface area contributed by atoms with E-state index in [1.165, 1.54) is 0 Å². The number of nitrogens with one attached hydrogen (secondary N) is 1. The first kappa shape index (κ1) is 15.6. The molecule has 0 saturated heterocycles. The van der Waals surface area contributed by atoms with Gasteiger partial charge in [0.05, 0.1) is 11.2 Å². The molecule has 3 N–H and O–H groups in total. The Bertz CT molecular complexity index is 584. The molecular formula is C17H26N4. The molecule has 0 radical (unpaired) electrons. The molecule has 0 fully saturated rings. The van der Waals surface area contributed by atoms with E-state index < -0.39 is 0 Å². The fourth-order valence-corrected chi connectivity index (χ4v) is 2.78. The van der Waals surface area contributed by atoms with Crippen molar-refractivity contribution in [1.82, 2.24) is 9.88 Å². The van der Waals surface area contributed by atoms with Crippen LogP contribution in [0.4, 0.5) is 11.4 Å². The van der Waals surface area contributed by atoms with E-state index in [0.717, 1.165) is 35.4 Å². The van der Waals surface area contributed by atoms with Gasteiger partial charge < -0.3 is 11.1 Å². The van der Waals surface area contributed by atoms with Gasteiger partial charge in [-0.15, -0.1) is 0 Å². The molecule has 2 rings (SSSR count). The summed E-state index contributed by atoms with van der Waals surface area (Å²) in [5.74, 6) is 0. The largest absolute Gasteiger partial charge is 0.397 e. The summed E-state index contributed by atoms with van der Waals surface area (Å²) in [6.07, 6.45) is 1.78. The molecule has 1 aromatic carbocycles. The molecule has 0 bridgehead atoms. The zero-order valence-electron chi connectivity index (χ0n) is 13.4. The van der Waals surface area contributed by atoms with E-state index in [9.17, 15) is 0 Å². The number of rotatable bonds is 6. The maximum absolute atomic E-state index is 5.98. The van der Waals surface area contributed by atoms with Crippen LogP contribution in [0.15, 0.2) is 30.5 Å². The van der Waals surface area contributed by atoms with Gasteiger partial charge in [-0.25, -0.2) is 0 Å². The molecule has 0 atom stereocenters. The molecule has 1 aromatic heterocycles. The molecule has 4 nitrogen and oxygen atoms in total. The monoisotopic (exact) mass is 286 g/mol. The number of hydrogen-bond donors (Lipinski definition) is 2. The lowest BCUT2D eigenvalue weighted by atomic mass is 10.1. The van der Waals surface area contributed by atoms with E-state index in [4.69, 9.17) is 5.73 Å². The van der Waals surface area contributed by atoms with Crippen LogP contribution < -0.4 is 11.1 Å². The highest BCUT2D eigenvalue weighted by molar-refractivity contribution is 5.98. The average molecular weight is 286 g/mol. The summed E-state index contributed by atoms with van der Waals surface area (Å²) in [5.41, 5.74) is 8.67. The Balaban J connectivity index is 2.09. The Hall–Kier alpha value is -1.81. The van der Waals surface area contributed by atoms with Gasteiger partial charge in [-0.05, 0) is 52.0 Å². The summed E-state index contributed by atoms with van der Waals surface area (Å²) >= 11 is 0. The topological polar surface area (TPSA) is 54.2 Å². The minimum absolute atomic E-state index is 0.552. The van der Waals surface area contributed by atoms with E-state index in [-0.39, 0.29) is 0 Å². The molecule has 114 valence electrons. The lowest BCUT2D eigenvalue weighted by Gasteiger charge is -2.30. The first-order chi connectivity index (χ1) is 10.0. The highest BCUT2D eigenvalue weighted by Crippen LogP contribution is 2.26. The van der Waals surface area contributed by atoms with Gasteiger partial charge in [0, 0.05) is 42.4 Å². The normalized spacial score (nSPS) is 11.8. The number of pyridine rings is 1. The van der Waals surface area contributed by atoms with Gasteiger partial charge in [-0.3, -0.25) is 9.88 Å². The van der Waals surface area contributed by atoms with Crippen LogP contribution >= 0.6 is 0 Å². The molecule has 1 heterocycles. The lowest BCUT2D eigenvalue weighted by molar-refractivity contribution is 0.182. The third kappa shape index (κ3) is 3.64. The number of hydrogen-bond acceptors (Lipinski definition) is 4. The van der Waals surface area contributed by atoms with Crippen molar-refractivity contribution in [2.75, 3.05) is 24.1 Å². The molecule has 21 heavy (non-hydrogen) atoms. The molecule has 0 unspecified atom stereocenters. The zero-order chi connectivity index (χ0) is 15.4. The van der Waals surface area contributed by atoms with Crippen molar-refractivity contribution in [3.05, 3.63) is 30.5 Å². The highest BCUT2D eigenvalue weighted by Gasteiger charge is 2.12. The van der Waals surface area contributed by atoms with Crippen LogP contribution in [-0.4, -0.2) is 35.1 Å². The quantitative estimate of drug-likeness (QED) is 0.800. The second-order valence-electron chi connectivity index (χ2n) is 5.95. The summed E-state index contributed by atoms with van der Waals surface area (Å²) in [6.45, 7) is 10.9. The molecule has 0 aliphatic heterocycles. The summed E-state index contributed by atoms with van der Waals surface area (Å²) in [5, 5.41) is 4.60. The van der Waals surface area contributed by atoms with Crippen molar-refractivity contribution in [3.8, 4) is 0 Å². The molecular weight excluding hydrogens is 260 g/mol. The van der Waals surface area contributed by atoms with Crippen molar-refractivity contribution >= 4 is 22.3 Å². The van der Waals surface area contributed by atoms with Crippen LogP contribution in [0.25, 0.3) is 10.9 Å². The predicted octanol–water partition coefficient (Wildman–Crippen LogP) is 3.35. The second-order valence-corrected chi connectivity index (χ2v) is 5.95. The van der Waals surface area contributed by atoms with Gasteiger partial charge in [0.15, 0.2) is 0 Å². The van der Waals surface area contributed by atoms with Crippen LogP contribution in [0.5, 0.6) is 0 Å². The van der Waals surface area contributed by atoms with Crippen LogP contribution in [-0.2, 0) is 0 Å². The third-order valence-electron chi connectivity index (χ3n) is 3.81. The average Bonchev–Trinajstić information content (AvgIpc) is 2.45. The summed E-state index contributed by atoms with van der Waals surface area (Å²) in [7, 11) is 0. The van der Waals surface area contributed by atoms with E-state index in [2.05, 4.69) is 49.0 Å². The minimum atomic E-state index is 0.552. The summed E-state index contributed by atoms with van der Waals surface area (Å²) in [4.78, 5) is 6.84. The Labute approximate surface area is 127 Å².